The Balaban J connectivity index is 1.71. The van der Waals surface area contributed by atoms with Crippen LogP contribution in [0, 0.1) is 0 Å². The van der Waals surface area contributed by atoms with Gasteiger partial charge in [0.05, 0.1) is 17.4 Å². The molecule has 2 heterocycles. The molecule has 0 amide bonds. The summed E-state index contributed by atoms with van der Waals surface area (Å²) in [5, 5.41) is 7.20. The van der Waals surface area contributed by atoms with Crippen LogP contribution in [-0.4, -0.2) is 29.1 Å². The molecule has 1 aliphatic rings. The molecule has 15 heavy (non-hydrogen) atoms. The van der Waals surface area contributed by atoms with Crippen LogP contribution in [0.25, 0.3) is 0 Å². The highest BCUT2D eigenvalue weighted by Crippen LogP contribution is 2.09. The first-order valence-corrected chi connectivity index (χ1v) is 5.67. The number of aromatic nitrogens is 2. The summed E-state index contributed by atoms with van der Waals surface area (Å²) in [7, 11) is 0. The summed E-state index contributed by atoms with van der Waals surface area (Å²) < 4.78 is 0. The van der Waals surface area contributed by atoms with Gasteiger partial charge in [0.1, 0.15) is 0 Å². The second-order valence-corrected chi connectivity index (χ2v) is 4.17. The summed E-state index contributed by atoms with van der Waals surface area (Å²) in [4.78, 5) is 8.14. The van der Waals surface area contributed by atoms with Gasteiger partial charge in [0.25, 0.3) is 0 Å². The monoisotopic (exact) mass is 226 g/mol. The molecule has 0 unspecified atom stereocenters. The Hall–Kier alpha value is -0.870. The van der Waals surface area contributed by atoms with E-state index < -0.39 is 0 Å². The number of hydrogen-bond donors (Lipinski definition) is 2. The SMILES string of the molecule is Clc1cnc(NCC[C@@H]2CCCN2)nc1. The molecule has 1 atom stereocenters. The molecule has 4 nitrogen and oxygen atoms in total. The first-order chi connectivity index (χ1) is 7.34. The summed E-state index contributed by atoms with van der Waals surface area (Å²) in [5.74, 6) is 0.650. The van der Waals surface area contributed by atoms with E-state index in [0.29, 0.717) is 17.0 Å². The molecule has 82 valence electrons. The largest absolute Gasteiger partial charge is 0.354 e. The van der Waals surface area contributed by atoms with Crippen molar-refractivity contribution in [3.8, 4) is 0 Å². The van der Waals surface area contributed by atoms with Gasteiger partial charge in [-0.05, 0) is 25.8 Å². The minimum absolute atomic E-state index is 0.568. The van der Waals surface area contributed by atoms with Crippen LogP contribution in [-0.2, 0) is 0 Å². The molecule has 2 rings (SSSR count). The van der Waals surface area contributed by atoms with Gasteiger partial charge in [0.2, 0.25) is 5.95 Å². The summed E-state index contributed by atoms with van der Waals surface area (Å²) in [5.41, 5.74) is 0. The molecule has 2 N–H and O–H groups in total. The van der Waals surface area contributed by atoms with E-state index in [2.05, 4.69) is 20.6 Å². The fourth-order valence-electron chi connectivity index (χ4n) is 1.76. The van der Waals surface area contributed by atoms with Crippen LogP contribution >= 0.6 is 11.6 Å². The highest BCUT2D eigenvalue weighted by molar-refractivity contribution is 6.30. The van der Waals surface area contributed by atoms with E-state index in [4.69, 9.17) is 11.6 Å². The molecule has 0 aromatic carbocycles. The Kier molecular flexibility index (Phi) is 3.75. The van der Waals surface area contributed by atoms with E-state index in [1.54, 1.807) is 12.4 Å². The second-order valence-electron chi connectivity index (χ2n) is 3.73. The molecule has 0 bridgehead atoms. The zero-order chi connectivity index (χ0) is 10.5. The van der Waals surface area contributed by atoms with Crippen molar-refractivity contribution in [3.05, 3.63) is 17.4 Å². The number of nitrogens with one attached hydrogen (secondary N) is 2. The van der Waals surface area contributed by atoms with Crippen LogP contribution in [0.3, 0.4) is 0 Å². The first-order valence-electron chi connectivity index (χ1n) is 5.29. The third kappa shape index (κ3) is 3.32. The van der Waals surface area contributed by atoms with Crippen LogP contribution in [0.15, 0.2) is 12.4 Å². The maximum atomic E-state index is 5.69. The van der Waals surface area contributed by atoms with Gasteiger partial charge in [0, 0.05) is 12.6 Å². The number of hydrogen-bond acceptors (Lipinski definition) is 4. The third-order valence-electron chi connectivity index (χ3n) is 2.56. The van der Waals surface area contributed by atoms with Gasteiger partial charge in [0.15, 0.2) is 0 Å². The Morgan fingerprint density at radius 3 is 2.93 bits per heavy atom. The summed E-state index contributed by atoms with van der Waals surface area (Å²) in [6.07, 6.45) is 6.90. The minimum Gasteiger partial charge on any atom is -0.354 e. The number of rotatable bonds is 4. The Morgan fingerprint density at radius 1 is 1.47 bits per heavy atom. The normalized spacial score (nSPS) is 20.5. The Labute approximate surface area is 94.5 Å². The fraction of sp³-hybridized carbons (Fsp3) is 0.600. The van der Waals surface area contributed by atoms with Gasteiger partial charge in [-0.15, -0.1) is 0 Å². The van der Waals surface area contributed by atoms with Crippen molar-refractivity contribution in [1.29, 1.82) is 0 Å². The molecule has 1 aromatic heterocycles. The van der Waals surface area contributed by atoms with Crippen molar-refractivity contribution >= 4 is 17.5 Å². The lowest BCUT2D eigenvalue weighted by atomic mass is 10.1. The summed E-state index contributed by atoms with van der Waals surface area (Å²) >= 11 is 5.69. The average molecular weight is 227 g/mol. The molecular weight excluding hydrogens is 212 g/mol. The molecule has 1 aliphatic heterocycles. The molecule has 0 aliphatic carbocycles. The van der Waals surface area contributed by atoms with Crippen LogP contribution in [0.5, 0.6) is 0 Å². The van der Waals surface area contributed by atoms with Crippen LogP contribution in [0.1, 0.15) is 19.3 Å². The van der Waals surface area contributed by atoms with Gasteiger partial charge >= 0.3 is 0 Å². The lowest BCUT2D eigenvalue weighted by Crippen LogP contribution is -2.24. The van der Waals surface area contributed by atoms with Gasteiger partial charge in [-0.25, -0.2) is 9.97 Å². The molecule has 1 fully saturated rings. The third-order valence-corrected chi connectivity index (χ3v) is 2.75. The van der Waals surface area contributed by atoms with E-state index in [0.717, 1.165) is 19.5 Å². The molecule has 1 aromatic rings. The lowest BCUT2D eigenvalue weighted by molar-refractivity contribution is 0.573. The highest BCUT2D eigenvalue weighted by Gasteiger charge is 2.12. The Bertz CT molecular complexity index is 295. The molecule has 1 saturated heterocycles. The zero-order valence-electron chi connectivity index (χ0n) is 8.54. The number of halogens is 1. The van der Waals surface area contributed by atoms with Crippen molar-refractivity contribution in [1.82, 2.24) is 15.3 Å². The molecule has 5 heteroatoms. The van der Waals surface area contributed by atoms with Crippen LogP contribution < -0.4 is 10.6 Å². The highest BCUT2D eigenvalue weighted by atomic mass is 35.5. The van der Waals surface area contributed by atoms with Crippen molar-refractivity contribution < 1.29 is 0 Å². The van der Waals surface area contributed by atoms with E-state index in [9.17, 15) is 0 Å². The predicted octanol–water partition coefficient (Wildman–Crippen LogP) is 1.68. The molecular formula is C10H15ClN4. The van der Waals surface area contributed by atoms with Gasteiger partial charge in [-0.1, -0.05) is 11.6 Å². The van der Waals surface area contributed by atoms with E-state index in [1.165, 1.54) is 12.8 Å². The maximum Gasteiger partial charge on any atom is 0.222 e. The summed E-state index contributed by atoms with van der Waals surface area (Å²) in [6, 6.07) is 0.657. The first kappa shape index (κ1) is 10.6. The fourth-order valence-corrected chi connectivity index (χ4v) is 1.86. The van der Waals surface area contributed by atoms with E-state index >= 15 is 0 Å². The summed E-state index contributed by atoms with van der Waals surface area (Å²) in [6.45, 7) is 2.06. The number of nitrogens with zero attached hydrogens (tertiary/aromatic N) is 2. The van der Waals surface area contributed by atoms with Gasteiger partial charge in [-0.3, -0.25) is 0 Å². The molecule has 0 saturated carbocycles. The van der Waals surface area contributed by atoms with E-state index in [-0.39, 0.29) is 0 Å². The van der Waals surface area contributed by atoms with Crippen molar-refractivity contribution in [2.75, 3.05) is 18.4 Å². The second kappa shape index (κ2) is 5.28. The Morgan fingerprint density at radius 2 is 2.27 bits per heavy atom. The van der Waals surface area contributed by atoms with Crippen molar-refractivity contribution in [2.45, 2.75) is 25.3 Å². The zero-order valence-corrected chi connectivity index (χ0v) is 9.30. The lowest BCUT2D eigenvalue weighted by Gasteiger charge is -2.10. The maximum absolute atomic E-state index is 5.69. The van der Waals surface area contributed by atoms with Crippen molar-refractivity contribution in [2.24, 2.45) is 0 Å². The quantitative estimate of drug-likeness (QED) is 0.821. The smallest absolute Gasteiger partial charge is 0.222 e. The minimum atomic E-state index is 0.568. The average Bonchev–Trinajstić information content (AvgIpc) is 2.74. The van der Waals surface area contributed by atoms with Gasteiger partial charge in [-0.2, -0.15) is 0 Å². The molecule has 0 spiro atoms. The topological polar surface area (TPSA) is 49.8 Å². The van der Waals surface area contributed by atoms with Crippen LogP contribution in [0.4, 0.5) is 5.95 Å². The molecule has 0 radical (unpaired) electrons. The van der Waals surface area contributed by atoms with Crippen molar-refractivity contribution in [3.63, 3.8) is 0 Å². The van der Waals surface area contributed by atoms with Crippen LogP contribution in [0.2, 0.25) is 5.02 Å². The van der Waals surface area contributed by atoms with Gasteiger partial charge < -0.3 is 10.6 Å². The number of anilines is 1. The standard InChI is InChI=1S/C10H15ClN4/c11-8-6-14-10(15-7-8)13-5-3-9-2-1-4-12-9/h6-7,9,12H,1-5H2,(H,13,14,15)/t9-/m0/s1. The predicted molar refractivity (Wildman–Crippen MR) is 61.2 cm³/mol. The van der Waals surface area contributed by atoms with E-state index in [1.807, 2.05) is 0 Å².